The van der Waals surface area contributed by atoms with Crippen LogP contribution in [0.5, 0.6) is 11.5 Å². The summed E-state index contributed by atoms with van der Waals surface area (Å²) in [6.45, 7) is 5.68. The predicted octanol–water partition coefficient (Wildman–Crippen LogP) is 5.37. The minimum atomic E-state index is -0.644. The number of nitrogens with one attached hydrogen (secondary N) is 2. The van der Waals surface area contributed by atoms with E-state index in [0.717, 1.165) is 64.5 Å². The van der Waals surface area contributed by atoms with Crippen molar-refractivity contribution in [3.05, 3.63) is 72.1 Å². The number of esters is 2. The SMILES string of the molecule is CN1CCCC1.Cc1c[nH]c2cccc(OC(=O)/C=C/C(=O)Oc3cccc4[nH]cc(C[C@H]5CCCN5C)c34)c12. The van der Waals surface area contributed by atoms with Crippen LogP contribution in [0, 0.1) is 6.92 Å². The molecule has 210 valence electrons. The highest BCUT2D eigenvalue weighted by molar-refractivity contribution is 5.98. The van der Waals surface area contributed by atoms with E-state index in [0.29, 0.717) is 17.5 Å². The summed E-state index contributed by atoms with van der Waals surface area (Å²) in [5, 5.41) is 1.74. The van der Waals surface area contributed by atoms with Crippen LogP contribution in [0.4, 0.5) is 0 Å². The lowest BCUT2D eigenvalue weighted by atomic mass is 10.0. The Morgan fingerprint density at radius 1 is 0.850 bits per heavy atom. The molecule has 0 radical (unpaired) electrons. The van der Waals surface area contributed by atoms with Crippen molar-refractivity contribution in [3.8, 4) is 11.5 Å². The number of aromatic nitrogens is 2. The summed E-state index contributed by atoms with van der Waals surface area (Å²) in [6, 6.07) is 11.5. The first-order valence-electron chi connectivity index (χ1n) is 14.0. The van der Waals surface area contributed by atoms with E-state index in [-0.39, 0.29) is 0 Å². The third-order valence-corrected chi connectivity index (χ3v) is 7.85. The number of H-pyrrole nitrogens is 2. The molecule has 2 aliphatic heterocycles. The van der Waals surface area contributed by atoms with Crippen molar-refractivity contribution in [2.45, 2.75) is 45.1 Å². The molecule has 1 atom stereocenters. The van der Waals surface area contributed by atoms with Gasteiger partial charge in [-0.3, -0.25) is 0 Å². The Bertz CT molecular complexity index is 1510. The Morgan fingerprint density at radius 2 is 1.45 bits per heavy atom. The minimum absolute atomic E-state index is 0.442. The molecule has 0 aliphatic carbocycles. The molecular weight excluding hydrogens is 504 g/mol. The van der Waals surface area contributed by atoms with Gasteiger partial charge in [-0.1, -0.05) is 12.1 Å². The molecule has 2 aromatic carbocycles. The van der Waals surface area contributed by atoms with Crippen LogP contribution in [0.3, 0.4) is 0 Å². The second-order valence-corrected chi connectivity index (χ2v) is 10.8. The third kappa shape index (κ3) is 6.46. The van der Waals surface area contributed by atoms with Crippen LogP contribution in [0.25, 0.3) is 21.8 Å². The maximum Gasteiger partial charge on any atom is 0.336 e. The highest BCUT2D eigenvalue weighted by Crippen LogP contribution is 2.32. The van der Waals surface area contributed by atoms with Gasteiger partial charge < -0.3 is 29.2 Å². The normalized spacial score (nSPS) is 17.9. The summed E-state index contributed by atoms with van der Waals surface area (Å²) >= 11 is 0. The average molecular weight is 543 g/mol. The van der Waals surface area contributed by atoms with Crippen molar-refractivity contribution in [1.29, 1.82) is 0 Å². The number of likely N-dealkylation sites (tertiary alicyclic amines) is 2. The number of aromatic amines is 2. The molecule has 2 fully saturated rings. The number of aryl methyl sites for hydroxylation is 1. The van der Waals surface area contributed by atoms with Gasteiger partial charge >= 0.3 is 11.9 Å². The number of fused-ring (bicyclic) bond motifs is 2. The Labute approximate surface area is 234 Å². The van der Waals surface area contributed by atoms with Crippen LogP contribution in [0.1, 0.15) is 36.8 Å². The molecule has 2 aromatic heterocycles. The monoisotopic (exact) mass is 542 g/mol. The molecule has 2 aliphatic rings. The topological polar surface area (TPSA) is 90.7 Å². The molecule has 8 nitrogen and oxygen atoms in total. The van der Waals surface area contributed by atoms with Gasteiger partial charge in [0.05, 0.1) is 0 Å². The summed E-state index contributed by atoms with van der Waals surface area (Å²) in [4.78, 5) is 36.0. The van der Waals surface area contributed by atoms with Gasteiger partial charge in [0.15, 0.2) is 0 Å². The van der Waals surface area contributed by atoms with E-state index >= 15 is 0 Å². The lowest BCUT2D eigenvalue weighted by Crippen LogP contribution is -2.26. The summed E-state index contributed by atoms with van der Waals surface area (Å²) in [7, 11) is 4.32. The van der Waals surface area contributed by atoms with Crippen LogP contribution in [0.2, 0.25) is 0 Å². The average Bonchev–Trinajstić information content (AvgIpc) is 3.74. The highest BCUT2D eigenvalue weighted by atomic mass is 16.5. The molecule has 6 rings (SSSR count). The number of carbonyl (C=O) groups excluding carboxylic acids is 2. The molecule has 4 aromatic rings. The standard InChI is InChI=1S/C27H27N3O4.C5H11N/c1-17-15-28-20-7-3-9-22(26(17)20)33-24(31)11-12-25(32)34-23-10-4-8-21-27(23)18(16-29-21)14-19-6-5-13-30(19)2;1-6-4-2-3-5-6/h3-4,7-12,15-16,19,28-29H,5-6,13-14H2,1-2H3;2-5H2,1H3/b12-11+;/t19-;/m1./s1. The molecule has 0 unspecified atom stereocenters. The van der Waals surface area contributed by atoms with E-state index in [1.807, 2.05) is 37.5 Å². The zero-order valence-electron chi connectivity index (χ0n) is 23.5. The lowest BCUT2D eigenvalue weighted by Gasteiger charge is -2.19. The van der Waals surface area contributed by atoms with Crippen LogP contribution in [-0.2, 0) is 16.0 Å². The molecule has 2 saturated heterocycles. The van der Waals surface area contributed by atoms with Gasteiger partial charge in [0.25, 0.3) is 0 Å². The van der Waals surface area contributed by atoms with E-state index in [1.54, 1.807) is 18.2 Å². The molecule has 0 bridgehead atoms. The first-order valence-corrected chi connectivity index (χ1v) is 14.0. The number of benzene rings is 2. The van der Waals surface area contributed by atoms with Gasteiger partial charge in [0.1, 0.15) is 11.5 Å². The second-order valence-electron chi connectivity index (χ2n) is 10.8. The van der Waals surface area contributed by atoms with Crippen LogP contribution >= 0.6 is 0 Å². The van der Waals surface area contributed by atoms with Crippen molar-refractivity contribution < 1.29 is 19.1 Å². The maximum atomic E-state index is 12.5. The Balaban J connectivity index is 0.000000477. The van der Waals surface area contributed by atoms with Gasteiger partial charge in [-0.05, 0) is 108 Å². The maximum absolute atomic E-state index is 12.5. The summed E-state index contributed by atoms with van der Waals surface area (Å²) in [6.07, 6.45) is 12.1. The van der Waals surface area contributed by atoms with Crippen LogP contribution < -0.4 is 9.47 Å². The zero-order valence-corrected chi connectivity index (χ0v) is 23.5. The van der Waals surface area contributed by atoms with Gasteiger partial charge in [-0.15, -0.1) is 0 Å². The minimum Gasteiger partial charge on any atom is -0.423 e. The fourth-order valence-corrected chi connectivity index (χ4v) is 5.65. The molecule has 0 spiro atoms. The van der Waals surface area contributed by atoms with Crippen molar-refractivity contribution in [3.63, 3.8) is 0 Å². The zero-order chi connectivity index (χ0) is 28.1. The molecule has 8 heteroatoms. The van der Waals surface area contributed by atoms with Crippen molar-refractivity contribution in [2.24, 2.45) is 0 Å². The Hall–Kier alpha value is -3.88. The third-order valence-electron chi connectivity index (χ3n) is 7.85. The van der Waals surface area contributed by atoms with Crippen molar-refractivity contribution >= 4 is 33.7 Å². The van der Waals surface area contributed by atoms with Gasteiger partial charge in [0, 0.05) is 52.4 Å². The molecule has 0 saturated carbocycles. The fourth-order valence-electron chi connectivity index (χ4n) is 5.65. The van der Waals surface area contributed by atoms with Crippen molar-refractivity contribution in [1.82, 2.24) is 19.8 Å². The molecule has 2 N–H and O–H groups in total. The molecule has 40 heavy (non-hydrogen) atoms. The number of ether oxygens (including phenoxy) is 2. The predicted molar refractivity (Wildman–Crippen MR) is 158 cm³/mol. The first kappa shape index (κ1) is 27.7. The summed E-state index contributed by atoms with van der Waals surface area (Å²) in [5.41, 5.74) is 3.89. The quantitative estimate of drug-likeness (QED) is 0.193. The van der Waals surface area contributed by atoms with Gasteiger partial charge in [0.2, 0.25) is 0 Å². The van der Waals surface area contributed by atoms with Gasteiger partial charge in [-0.25, -0.2) is 9.59 Å². The summed E-state index contributed by atoms with van der Waals surface area (Å²) < 4.78 is 11.1. The van der Waals surface area contributed by atoms with E-state index < -0.39 is 11.9 Å². The second kappa shape index (κ2) is 12.5. The first-order chi connectivity index (χ1) is 19.4. The van der Waals surface area contributed by atoms with E-state index in [2.05, 4.69) is 33.9 Å². The van der Waals surface area contributed by atoms with E-state index in [4.69, 9.17) is 9.47 Å². The van der Waals surface area contributed by atoms with Crippen LogP contribution in [0.15, 0.2) is 60.9 Å². The molecule has 0 amide bonds. The number of rotatable bonds is 6. The number of carbonyl (C=O) groups is 2. The van der Waals surface area contributed by atoms with Crippen molar-refractivity contribution in [2.75, 3.05) is 33.7 Å². The van der Waals surface area contributed by atoms with E-state index in [1.165, 1.54) is 32.4 Å². The lowest BCUT2D eigenvalue weighted by molar-refractivity contribution is -0.131. The molecular formula is C32H38N4O4. The van der Waals surface area contributed by atoms with E-state index in [9.17, 15) is 9.59 Å². The largest absolute Gasteiger partial charge is 0.423 e. The fraction of sp³-hybridized carbons (Fsp3) is 0.375. The molecule has 4 heterocycles. The van der Waals surface area contributed by atoms with Crippen LogP contribution in [-0.4, -0.2) is 71.5 Å². The number of hydrogen-bond donors (Lipinski definition) is 2. The van der Waals surface area contributed by atoms with Gasteiger partial charge in [-0.2, -0.15) is 0 Å². The Morgan fingerprint density at radius 3 is 2.02 bits per heavy atom. The summed E-state index contributed by atoms with van der Waals surface area (Å²) in [5.74, 6) is -0.358. The smallest absolute Gasteiger partial charge is 0.336 e. The highest BCUT2D eigenvalue weighted by Gasteiger charge is 2.23. The Kier molecular flexibility index (Phi) is 8.67. The number of nitrogens with zero attached hydrogens (tertiary/aromatic N) is 2. The number of likely N-dealkylation sites (N-methyl/N-ethyl adjacent to an activating group) is 1. The number of hydrogen-bond acceptors (Lipinski definition) is 6.